The molecule has 0 amide bonds. The van der Waals surface area contributed by atoms with Gasteiger partial charge in [0, 0.05) is 13.1 Å². The van der Waals surface area contributed by atoms with Gasteiger partial charge in [-0.25, -0.2) is 9.50 Å². The lowest BCUT2D eigenvalue weighted by Crippen LogP contribution is -2.46. The van der Waals surface area contributed by atoms with Crippen LogP contribution in [0.15, 0.2) is 18.3 Å². The Balaban J connectivity index is 1.91. The van der Waals surface area contributed by atoms with Crippen LogP contribution >= 0.6 is 0 Å². The van der Waals surface area contributed by atoms with Gasteiger partial charge < -0.3 is 14.7 Å². The molecule has 1 saturated heterocycles. The van der Waals surface area contributed by atoms with Crippen LogP contribution in [0.1, 0.15) is 19.5 Å². The molecule has 6 nitrogen and oxygen atoms in total. The van der Waals surface area contributed by atoms with Crippen molar-refractivity contribution in [2.24, 2.45) is 0 Å². The molecule has 0 aliphatic carbocycles. The molecule has 0 aromatic carbocycles. The van der Waals surface area contributed by atoms with E-state index >= 15 is 0 Å². The molecule has 2 atom stereocenters. The molecule has 2 aromatic rings. The Labute approximate surface area is 111 Å². The molecular weight excluding hydrogens is 244 g/mol. The lowest BCUT2D eigenvalue weighted by molar-refractivity contribution is -0.00551. The van der Waals surface area contributed by atoms with Crippen molar-refractivity contribution in [1.29, 1.82) is 0 Å². The fraction of sp³-hybridized carbons (Fsp3) is 0.538. The van der Waals surface area contributed by atoms with Gasteiger partial charge in [0.25, 0.3) is 0 Å². The second-order valence-corrected chi connectivity index (χ2v) is 5.05. The molecule has 6 heteroatoms. The van der Waals surface area contributed by atoms with E-state index in [4.69, 9.17) is 9.84 Å². The summed E-state index contributed by atoms with van der Waals surface area (Å²) in [5, 5.41) is 13.6. The Hall–Kier alpha value is -1.66. The first-order chi connectivity index (χ1) is 9.15. The Bertz CT molecular complexity index is 573. The molecule has 102 valence electrons. The van der Waals surface area contributed by atoms with Crippen molar-refractivity contribution in [2.45, 2.75) is 32.7 Å². The molecule has 0 saturated carbocycles. The van der Waals surface area contributed by atoms with Gasteiger partial charge in [-0.3, -0.25) is 0 Å². The monoisotopic (exact) mass is 262 g/mol. The zero-order valence-corrected chi connectivity index (χ0v) is 11.2. The van der Waals surface area contributed by atoms with Crippen LogP contribution in [0.25, 0.3) is 5.65 Å². The van der Waals surface area contributed by atoms with Crippen molar-refractivity contribution in [1.82, 2.24) is 14.6 Å². The number of hydrogen-bond donors (Lipinski definition) is 1. The lowest BCUT2D eigenvalue weighted by Gasteiger charge is -2.35. The Kier molecular flexibility index (Phi) is 3.12. The largest absolute Gasteiger partial charge is 0.390 e. The number of morpholine rings is 1. The number of imidazole rings is 1. The van der Waals surface area contributed by atoms with Gasteiger partial charge in [-0.2, -0.15) is 0 Å². The zero-order chi connectivity index (χ0) is 13.4. The molecule has 0 radical (unpaired) electrons. The lowest BCUT2D eigenvalue weighted by atomic mass is 10.2. The molecule has 19 heavy (non-hydrogen) atoms. The number of fused-ring (bicyclic) bond motifs is 1. The average molecular weight is 262 g/mol. The van der Waals surface area contributed by atoms with E-state index in [1.54, 1.807) is 10.7 Å². The van der Waals surface area contributed by atoms with Crippen LogP contribution in [0.3, 0.4) is 0 Å². The molecule has 1 fully saturated rings. The van der Waals surface area contributed by atoms with Crippen molar-refractivity contribution in [3.05, 3.63) is 24.0 Å². The molecular formula is C13H18N4O2. The third-order valence-electron chi connectivity index (χ3n) is 3.26. The number of aromatic nitrogens is 3. The van der Waals surface area contributed by atoms with Crippen molar-refractivity contribution in [2.75, 3.05) is 18.0 Å². The Morgan fingerprint density at radius 2 is 2.05 bits per heavy atom. The van der Waals surface area contributed by atoms with Crippen LogP contribution in [0.4, 0.5) is 5.82 Å². The van der Waals surface area contributed by atoms with Crippen molar-refractivity contribution < 1.29 is 9.84 Å². The number of nitrogens with zero attached hydrogens (tertiary/aromatic N) is 4. The normalized spacial score (nSPS) is 24.1. The highest BCUT2D eigenvalue weighted by atomic mass is 16.5. The quantitative estimate of drug-likeness (QED) is 0.868. The van der Waals surface area contributed by atoms with Gasteiger partial charge in [0.1, 0.15) is 5.82 Å². The van der Waals surface area contributed by atoms with Crippen LogP contribution in [-0.4, -0.2) is 45.0 Å². The number of anilines is 1. The predicted molar refractivity (Wildman–Crippen MR) is 71.1 cm³/mol. The second-order valence-electron chi connectivity index (χ2n) is 5.05. The van der Waals surface area contributed by atoms with Gasteiger partial charge in [-0.05, 0) is 26.0 Å². The van der Waals surface area contributed by atoms with Gasteiger partial charge in [0.15, 0.2) is 5.65 Å². The maximum atomic E-state index is 9.10. The van der Waals surface area contributed by atoms with Crippen LogP contribution in [0.5, 0.6) is 0 Å². The van der Waals surface area contributed by atoms with E-state index in [0.717, 1.165) is 24.6 Å². The summed E-state index contributed by atoms with van der Waals surface area (Å²) in [5.74, 6) is 0.913. The minimum atomic E-state index is -0.0652. The highest BCUT2D eigenvalue weighted by molar-refractivity contribution is 5.47. The standard InChI is InChI=1S/C13H18N4O2/c1-9-5-16(6-10(2)19-9)13-4-3-12-14-11(8-18)7-17(12)15-13/h3-4,7,9-10,18H,5-6,8H2,1-2H3/t9-,10+. The molecule has 1 aliphatic rings. The summed E-state index contributed by atoms with van der Waals surface area (Å²) in [6, 6.07) is 3.89. The maximum Gasteiger partial charge on any atom is 0.154 e. The van der Waals surface area contributed by atoms with E-state index in [9.17, 15) is 0 Å². The van der Waals surface area contributed by atoms with E-state index in [1.807, 2.05) is 12.1 Å². The van der Waals surface area contributed by atoms with Crippen LogP contribution < -0.4 is 4.90 Å². The van der Waals surface area contributed by atoms with E-state index in [0.29, 0.717) is 5.69 Å². The summed E-state index contributed by atoms with van der Waals surface area (Å²) in [6.07, 6.45) is 2.17. The molecule has 0 spiro atoms. The van der Waals surface area contributed by atoms with Crippen molar-refractivity contribution in [3.63, 3.8) is 0 Å². The van der Waals surface area contributed by atoms with Gasteiger partial charge in [0.05, 0.1) is 30.7 Å². The third kappa shape index (κ3) is 2.41. The average Bonchev–Trinajstić information content (AvgIpc) is 2.79. The number of aliphatic hydroxyl groups excluding tert-OH is 1. The molecule has 0 unspecified atom stereocenters. The fourth-order valence-corrected chi connectivity index (χ4v) is 2.53. The van der Waals surface area contributed by atoms with Gasteiger partial charge in [0.2, 0.25) is 0 Å². The highest BCUT2D eigenvalue weighted by Crippen LogP contribution is 2.18. The van der Waals surface area contributed by atoms with Crippen molar-refractivity contribution in [3.8, 4) is 0 Å². The summed E-state index contributed by atoms with van der Waals surface area (Å²) in [7, 11) is 0. The van der Waals surface area contributed by atoms with E-state index in [2.05, 4.69) is 28.8 Å². The fourth-order valence-electron chi connectivity index (χ4n) is 2.53. The van der Waals surface area contributed by atoms with E-state index in [1.165, 1.54) is 0 Å². The molecule has 2 aromatic heterocycles. The van der Waals surface area contributed by atoms with Gasteiger partial charge in [-0.15, -0.1) is 5.10 Å². The zero-order valence-electron chi connectivity index (χ0n) is 11.2. The van der Waals surface area contributed by atoms with E-state index < -0.39 is 0 Å². The molecule has 0 bridgehead atoms. The summed E-state index contributed by atoms with van der Waals surface area (Å²) in [5.41, 5.74) is 1.38. The number of rotatable bonds is 2. The summed E-state index contributed by atoms with van der Waals surface area (Å²) in [4.78, 5) is 6.47. The Morgan fingerprint density at radius 3 is 2.74 bits per heavy atom. The van der Waals surface area contributed by atoms with Gasteiger partial charge >= 0.3 is 0 Å². The maximum absolute atomic E-state index is 9.10. The first kappa shape index (κ1) is 12.4. The summed E-state index contributed by atoms with van der Waals surface area (Å²) in [6.45, 7) is 5.75. The summed E-state index contributed by atoms with van der Waals surface area (Å²) < 4.78 is 7.44. The topological polar surface area (TPSA) is 62.9 Å². The van der Waals surface area contributed by atoms with E-state index in [-0.39, 0.29) is 18.8 Å². The minimum Gasteiger partial charge on any atom is -0.390 e. The van der Waals surface area contributed by atoms with Crippen LogP contribution in [0.2, 0.25) is 0 Å². The third-order valence-corrected chi connectivity index (χ3v) is 3.26. The predicted octanol–water partition coefficient (Wildman–Crippen LogP) is 0.835. The van der Waals surface area contributed by atoms with Gasteiger partial charge in [-0.1, -0.05) is 0 Å². The smallest absolute Gasteiger partial charge is 0.154 e. The molecule has 3 heterocycles. The first-order valence-electron chi connectivity index (χ1n) is 6.52. The SMILES string of the molecule is C[C@@H]1CN(c2ccc3nc(CO)cn3n2)C[C@H](C)O1. The Morgan fingerprint density at radius 1 is 1.32 bits per heavy atom. The highest BCUT2D eigenvalue weighted by Gasteiger charge is 2.23. The van der Waals surface area contributed by atoms with Crippen LogP contribution in [0, 0.1) is 0 Å². The minimum absolute atomic E-state index is 0.0652. The van der Waals surface area contributed by atoms with Crippen LogP contribution in [-0.2, 0) is 11.3 Å². The molecule has 1 aliphatic heterocycles. The number of ether oxygens (including phenoxy) is 1. The summed E-state index contributed by atoms with van der Waals surface area (Å²) >= 11 is 0. The first-order valence-corrected chi connectivity index (χ1v) is 6.52. The number of aliphatic hydroxyl groups is 1. The molecule has 1 N–H and O–H groups in total. The van der Waals surface area contributed by atoms with Crippen molar-refractivity contribution >= 4 is 11.5 Å². The molecule has 3 rings (SSSR count). The number of hydrogen-bond acceptors (Lipinski definition) is 5. The second kappa shape index (κ2) is 4.79.